The fourth-order valence-corrected chi connectivity index (χ4v) is 5.13. The second-order valence-electron chi connectivity index (χ2n) is 11.9. The van der Waals surface area contributed by atoms with Gasteiger partial charge >= 0.3 is 11.9 Å². The van der Waals surface area contributed by atoms with Crippen LogP contribution in [0.1, 0.15) is 181 Å². The summed E-state index contributed by atoms with van der Waals surface area (Å²) in [6.07, 6.45) is 38.6. The third kappa shape index (κ3) is 31.6. The number of halogens is 1. The van der Waals surface area contributed by atoms with Gasteiger partial charge in [0.25, 0.3) is 0 Å². The van der Waals surface area contributed by atoms with E-state index >= 15 is 0 Å². The summed E-state index contributed by atoms with van der Waals surface area (Å²) in [5, 5.41) is 0. The fraction of sp³-hybridized carbons (Fsp3) is 0.838. The quantitative estimate of drug-likeness (QED) is 0.0329. The minimum Gasteiger partial charge on any atom is -0.462 e. The number of rotatable bonds is 32. The Morgan fingerprint density at radius 1 is 0.548 bits per heavy atom. The predicted molar refractivity (Wildman–Crippen MR) is 181 cm³/mol. The molecule has 1 unspecified atom stereocenters. The van der Waals surface area contributed by atoms with Gasteiger partial charge in [-0.15, -0.1) is 11.6 Å². The highest BCUT2D eigenvalue weighted by Crippen LogP contribution is 2.14. The van der Waals surface area contributed by atoms with Crippen LogP contribution in [0, 0.1) is 0 Å². The maximum Gasteiger partial charge on any atom is 0.306 e. The Balaban J connectivity index is 3.59. The Bertz CT molecular complexity index is 646. The lowest BCUT2D eigenvalue weighted by atomic mass is 10.0. The van der Waals surface area contributed by atoms with Crippen LogP contribution < -0.4 is 0 Å². The van der Waals surface area contributed by atoms with E-state index in [4.69, 9.17) is 21.1 Å². The smallest absolute Gasteiger partial charge is 0.306 e. The normalized spacial score (nSPS) is 12.4. The number of carbonyl (C=O) groups excluding carboxylic acids is 2. The Hall–Kier alpha value is -1.29. The van der Waals surface area contributed by atoms with Gasteiger partial charge in [0, 0.05) is 12.8 Å². The number of unbranched alkanes of at least 4 members (excludes halogenated alkanes) is 20. The molecule has 0 rings (SSSR count). The molecule has 0 aliphatic carbocycles. The minimum atomic E-state index is -0.562. The van der Waals surface area contributed by atoms with E-state index in [0.717, 1.165) is 44.9 Å². The van der Waals surface area contributed by atoms with Crippen molar-refractivity contribution >= 4 is 23.5 Å². The zero-order valence-corrected chi connectivity index (χ0v) is 28.5. The van der Waals surface area contributed by atoms with Gasteiger partial charge in [-0.05, 0) is 44.9 Å². The highest BCUT2D eigenvalue weighted by atomic mass is 35.5. The highest BCUT2D eigenvalue weighted by molar-refractivity contribution is 6.18. The SMILES string of the molecule is CCCCCC=CCC=CCCCCCCCC(=O)OC(CCl)COC(=O)CCCCCCCCCCCCCCC. The number of carbonyl (C=O) groups is 2. The van der Waals surface area contributed by atoms with Crippen molar-refractivity contribution in [2.45, 2.75) is 187 Å². The molecule has 0 aliphatic rings. The molecule has 0 aromatic heterocycles. The van der Waals surface area contributed by atoms with Crippen LogP contribution in [0.3, 0.4) is 0 Å². The molecule has 5 heteroatoms. The van der Waals surface area contributed by atoms with Crippen LogP contribution in [-0.4, -0.2) is 30.5 Å². The molecule has 0 radical (unpaired) electrons. The molecule has 0 fully saturated rings. The fourth-order valence-electron chi connectivity index (χ4n) is 4.98. The van der Waals surface area contributed by atoms with E-state index in [1.807, 2.05) is 0 Å². The summed E-state index contributed by atoms with van der Waals surface area (Å²) in [5.74, 6) is -0.336. The number of allylic oxidation sites excluding steroid dienone is 4. The monoisotopic (exact) mass is 610 g/mol. The van der Waals surface area contributed by atoms with Gasteiger partial charge in [0.15, 0.2) is 0 Å². The molecule has 0 aliphatic heterocycles. The lowest BCUT2D eigenvalue weighted by Crippen LogP contribution is -2.26. The molecule has 0 aromatic rings. The molecule has 0 aromatic carbocycles. The summed E-state index contributed by atoms with van der Waals surface area (Å²) < 4.78 is 10.8. The minimum absolute atomic E-state index is 0.0503. The average molecular weight is 611 g/mol. The van der Waals surface area contributed by atoms with Crippen molar-refractivity contribution in [2.24, 2.45) is 0 Å². The van der Waals surface area contributed by atoms with E-state index < -0.39 is 6.10 Å². The van der Waals surface area contributed by atoms with Gasteiger partial charge in [0.05, 0.1) is 5.88 Å². The Labute approximate surface area is 265 Å². The van der Waals surface area contributed by atoms with Crippen molar-refractivity contribution in [3.05, 3.63) is 24.3 Å². The number of alkyl halides is 1. The van der Waals surface area contributed by atoms with Crippen LogP contribution >= 0.6 is 11.6 Å². The van der Waals surface area contributed by atoms with Crippen LogP contribution in [0.5, 0.6) is 0 Å². The van der Waals surface area contributed by atoms with Crippen LogP contribution in [0.25, 0.3) is 0 Å². The molecule has 0 saturated heterocycles. The van der Waals surface area contributed by atoms with E-state index in [2.05, 4.69) is 38.2 Å². The molecule has 1 atom stereocenters. The first-order valence-corrected chi connectivity index (χ1v) is 18.4. The van der Waals surface area contributed by atoms with Gasteiger partial charge < -0.3 is 9.47 Å². The average Bonchev–Trinajstić information content (AvgIpc) is 2.99. The zero-order chi connectivity index (χ0) is 30.8. The second kappa shape index (κ2) is 34.2. The van der Waals surface area contributed by atoms with Gasteiger partial charge in [-0.2, -0.15) is 0 Å². The van der Waals surface area contributed by atoms with Gasteiger partial charge in [-0.3, -0.25) is 9.59 Å². The van der Waals surface area contributed by atoms with Gasteiger partial charge in [-0.1, -0.05) is 147 Å². The summed E-state index contributed by atoms with van der Waals surface area (Å²) in [5.41, 5.74) is 0. The van der Waals surface area contributed by atoms with Gasteiger partial charge in [-0.25, -0.2) is 0 Å². The Morgan fingerprint density at radius 3 is 1.45 bits per heavy atom. The molecule has 42 heavy (non-hydrogen) atoms. The summed E-state index contributed by atoms with van der Waals surface area (Å²) in [4.78, 5) is 24.2. The molecular weight excluding hydrogens is 544 g/mol. The van der Waals surface area contributed by atoms with E-state index in [-0.39, 0.29) is 24.4 Å². The summed E-state index contributed by atoms with van der Waals surface area (Å²) in [7, 11) is 0. The second-order valence-corrected chi connectivity index (χ2v) is 12.2. The van der Waals surface area contributed by atoms with Crippen molar-refractivity contribution in [3.8, 4) is 0 Å². The molecule has 4 nitrogen and oxygen atoms in total. The summed E-state index contributed by atoms with van der Waals surface area (Å²) in [6, 6.07) is 0. The molecule has 0 saturated carbocycles. The molecule has 0 heterocycles. The molecular formula is C37H67ClO4. The predicted octanol–water partition coefficient (Wildman–Crippen LogP) is 12.0. The Kier molecular flexibility index (Phi) is 33.2. The highest BCUT2D eigenvalue weighted by Gasteiger charge is 2.16. The van der Waals surface area contributed by atoms with E-state index in [9.17, 15) is 9.59 Å². The molecule has 0 spiro atoms. The van der Waals surface area contributed by atoms with Crippen molar-refractivity contribution in [3.63, 3.8) is 0 Å². The van der Waals surface area contributed by atoms with Crippen LogP contribution in [0.15, 0.2) is 24.3 Å². The van der Waals surface area contributed by atoms with Crippen molar-refractivity contribution < 1.29 is 19.1 Å². The molecule has 0 N–H and O–H groups in total. The number of esters is 2. The zero-order valence-electron chi connectivity index (χ0n) is 27.7. The number of ether oxygens (including phenoxy) is 2. The molecule has 246 valence electrons. The first-order valence-electron chi connectivity index (χ1n) is 17.8. The van der Waals surface area contributed by atoms with Crippen LogP contribution in [0.2, 0.25) is 0 Å². The third-order valence-electron chi connectivity index (χ3n) is 7.72. The van der Waals surface area contributed by atoms with Gasteiger partial charge in [0.1, 0.15) is 12.7 Å². The van der Waals surface area contributed by atoms with Gasteiger partial charge in [0.2, 0.25) is 0 Å². The standard InChI is InChI=1S/C37H67ClO4/c1-3-5-7-9-11-13-15-17-18-20-22-24-26-28-30-32-37(40)42-35(33-38)34-41-36(39)31-29-27-25-23-21-19-16-14-12-10-8-6-4-2/h11,13,17-18,35H,3-10,12,14-16,19-34H2,1-2H3. The van der Waals surface area contributed by atoms with Crippen molar-refractivity contribution in [1.29, 1.82) is 0 Å². The largest absolute Gasteiger partial charge is 0.462 e. The maximum atomic E-state index is 12.2. The first-order chi connectivity index (χ1) is 20.6. The lowest BCUT2D eigenvalue weighted by Gasteiger charge is -2.15. The Morgan fingerprint density at radius 2 is 0.952 bits per heavy atom. The lowest BCUT2D eigenvalue weighted by molar-refractivity contribution is -0.157. The van der Waals surface area contributed by atoms with E-state index in [1.165, 1.54) is 109 Å². The number of hydrogen-bond donors (Lipinski definition) is 0. The van der Waals surface area contributed by atoms with Crippen LogP contribution in [0.4, 0.5) is 0 Å². The molecule has 0 bridgehead atoms. The van der Waals surface area contributed by atoms with Crippen molar-refractivity contribution in [1.82, 2.24) is 0 Å². The van der Waals surface area contributed by atoms with E-state index in [0.29, 0.717) is 12.8 Å². The topological polar surface area (TPSA) is 52.6 Å². The van der Waals surface area contributed by atoms with Crippen LogP contribution in [-0.2, 0) is 19.1 Å². The van der Waals surface area contributed by atoms with E-state index in [1.54, 1.807) is 0 Å². The molecule has 0 amide bonds. The third-order valence-corrected chi connectivity index (χ3v) is 8.06. The van der Waals surface area contributed by atoms with Crippen molar-refractivity contribution in [2.75, 3.05) is 12.5 Å². The summed E-state index contributed by atoms with van der Waals surface area (Å²) in [6.45, 7) is 4.55. The number of hydrogen-bond acceptors (Lipinski definition) is 4. The maximum absolute atomic E-state index is 12.2. The first kappa shape index (κ1) is 40.7. The summed E-state index contributed by atoms with van der Waals surface area (Å²) >= 11 is 5.95.